The van der Waals surface area contributed by atoms with E-state index in [9.17, 15) is 9.59 Å². The molecule has 0 unspecified atom stereocenters. The number of ketones is 1. The summed E-state index contributed by atoms with van der Waals surface area (Å²) in [5.74, 6) is 0.0867. The van der Waals surface area contributed by atoms with E-state index in [0.29, 0.717) is 0 Å². The molecule has 0 bridgehead atoms. The quantitative estimate of drug-likeness (QED) is 0.758. The topological polar surface area (TPSA) is 49.4 Å². The normalized spacial score (nSPS) is 19.4. The van der Waals surface area contributed by atoms with Gasteiger partial charge in [0.1, 0.15) is 0 Å². The van der Waals surface area contributed by atoms with E-state index in [2.05, 4.69) is 17.9 Å². The lowest BCUT2D eigenvalue weighted by atomic mass is 10.1. The summed E-state index contributed by atoms with van der Waals surface area (Å²) in [6.45, 7) is 4.82. The molecule has 1 rings (SSSR count). The molecule has 1 amide bonds. The van der Waals surface area contributed by atoms with E-state index in [1.165, 1.54) is 4.90 Å². The predicted molar refractivity (Wildman–Crippen MR) is 69.5 cm³/mol. The Labute approximate surface area is 108 Å². The van der Waals surface area contributed by atoms with E-state index >= 15 is 0 Å². The first-order chi connectivity index (χ1) is 7.02. The van der Waals surface area contributed by atoms with E-state index in [1.54, 1.807) is 0 Å². The molecular formula is C10H19ClN2O2S. The SMILES string of the molecule is CC(C)N(CC(=O)[C@@H]1CCCN1)C(=O)S.Cl. The van der Waals surface area contributed by atoms with Crippen LogP contribution in [-0.4, -0.2) is 41.1 Å². The third kappa shape index (κ3) is 4.31. The molecule has 0 aromatic rings. The number of Topliss-reactive ketones (excluding diaryl/α,β-unsaturated/α-hetero) is 1. The van der Waals surface area contributed by atoms with Crippen LogP contribution in [0, 0.1) is 0 Å². The van der Waals surface area contributed by atoms with Crippen molar-refractivity contribution in [1.82, 2.24) is 10.2 Å². The second-order valence-electron chi connectivity index (χ2n) is 4.12. The Balaban J connectivity index is 0.00000225. The molecule has 94 valence electrons. The van der Waals surface area contributed by atoms with Crippen LogP contribution in [0.15, 0.2) is 0 Å². The number of hydrogen-bond acceptors (Lipinski definition) is 3. The average molecular weight is 267 g/mol. The van der Waals surface area contributed by atoms with Gasteiger partial charge in [0.2, 0.25) is 0 Å². The van der Waals surface area contributed by atoms with E-state index in [0.717, 1.165) is 19.4 Å². The summed E-state index contributed by atoms with van der Waals surface area (Å²) in [4.78, 5) is 24.4. The van der Waals surface area contributed by atoms with E-state index in [4.69, 9.17) is 0 Å². The van der Waals surface area contributed by atoms with Crippen molar-refractivity contribution in [2.24, 2.45) is 0 Å². The van der Waals surface area contributed by atoms with Crippen LogP contribution in [0.1, 0.15) is 26.7 Å². The third-order valence-corrected chi connectivity index (χ3v) is 2.90. The Hall–Kier alpha value is -0.260. The fraction of sp³-hybridized carbons (Fsp3) is 0.800. The Bertz CT molecular complexity index is 255. The monoisotopic (exact) mass is 266 g/mol. The van der Waals surface area contributed by atoms with Crippen molar-refractivity contribution < 1.29 is 9.59 Å². The van der Waals surface area contributed by atoms with E-state index in [1.807, 2.05) is 13.8 Å². The van der Waals surface area contributed by atoms with E-state index < -0.39 is 0 Å². The number of nitrogens with one attached hydrogen (secondary N) is 1. The number of thiol groups is 1. The Morgan fingerprint density at radius 2 is 2.12 bits per heavy atom. The fourth-order valence-corrected chi connectivity index (χ4v) is 2.01. The molecule has 0 saturated carbocycles. The zero-order chi connectivity index (χ0) is 11.4. The maximum atomic E-state index is 11.8. The highest BCUT2D eigenvalue weighted by molar-refractivity contribution is 7.96. The van der Waals surface area contributed by atoms with Crippen molar-refractivity contribution >= 4 is 36.1 Å². The average Bonchev–Trinajstić information content (AvgIpc) is 2.65. The molecule has 6 heteroatoms. The van der Waals surface area contributed by atoms with Crippen molar-refractivity contribution in [1.29, 1.82) is 0 Å². The van der Waals surface area contributed by atoms with Crippen molar-refractivity contribution in [3.8, 4) is 0 Å². The Kier molecular flexibility index (Phi) is 7.03. The van der Waals surface area contributed by atoms with Gasteiger partial charge in [0.15, 0.2) is 5.78 Å². The van der Waals surface area contributed by atoms with Crippen molar-refractivity contribution in [3.05, 3.63) is 0 Å². The second kappa shape index (κ2) is 7.14. The predicted octanol–water partition coefficient (Wildman–Crippen LogP) is 1.49. The third-order valence-electron chi connectivity index (χ3n) is 2.64. The van der Waals surface area contributed by atoms with Gasteiger partial charge in [0.25, 0.3) is 5.24 Å². The van der Waals surface area contributed by atoms with Crippen LogP contribution in [0.25, 0.3) is 0 Å². The van der Waals surface area contributed by atoms with Crippen molar-refractivity contribution in [2.45, 2.75) is 38.8 Å². The maximum absolute atomic E-state index is 11.8. The minimum absolute atomic E-state index is 0. The molecule has 4 nitrogen and oxygen atoms in total. The molecule has 0 radical (unpaired) electrons. The van der Waals surface area contributed by atoms with Gasteiger partial charge in [-0.3, -0.25) is 9.59 Å². The Morgan fingerprint density at radius 1 is 1.50 bits per heavy atom. The number of nitrogens with zero attached hydrogens (tertiary/aromatic N) is 1. The zero-order valence-corrected chi connectivity index (χ0v) is 11.3. The molecule has 1 saturated heterocycles. The summed E-state index contributed by atoms with van der Waals surface area (Å²) in [7, 11) is 0. The van der Waals surface area contributed by atoms with Gasteiger partial charge in [-0.05, 0) is 33.2 Å². The molecule has 0 spiro atoms. The lowest BCUT2D eigenvalue weighted by Crippen LogP contribution is -2.43. The van der Waals surface area contributed by atoms with Gasteiger partial charge in [-0.2, -0.15) is 0 Å². The molecule has 1 atom stereocenters. The number of carbonyl (C=O) groups is 2. The highest BCUT2D eigenvalue weighted by Gasteiger charge is 2.25. The van der Waals surface area contributed by atoms with Gasteiger partial charge in [-0.15, -0.1) is 12.4 Å². The highest BCUT2D eigenvalue weighted by atomic mass is 35.5. The van der Waals surface area contributed by atoms with Gasteiger partial charge in [-0.25, -0.2) is 0 Å². The second-order valence-corrected chi connectivity index (χ2v) is 4.50. The van der Waals surface area contributed by atoms with Crippen molar-refractivity contribution in [2.75, 3.05) is 13.1 Å². The summed E-state index contributed by atoms with van der Waals surface area (Å²) in [6.07, 6.45) is 1.92. The van der Waals surface area contributed by atoms with Gasteiger partial charge < -0.3 is 10.2 Å². The smallest absolute Gasteiger partial charge is 0.279 e. The summed E-state index contributed by atoms with van der Waals surface area (Å²) in [5, 5.41) is 2.79. The number of hydrogen-bond donors (Lipinski definition) is 2. The Morgan fingerprint density at radius 3 is 2.50 bits per heavy atom. The molecule has 16 heavy (non-hydrogen) atoms. The van der Waals surface area contributed by atoms with Gasteiger partial charge in [-0.1, -0.05) is 12.6 Å². The van der Waals surface area contributed by atoms with Gasteiger partial charge in [0, 0.05) is 6.04 Å². The fourth-order valence-electron chi connectivity index (χ4n) is 1.71. The first-order valence-electron chi connectivity index (χ1n) is 5.28. The number of rotatable bonds is 4. The first kappa shape index (κ1) is 15.7. The maximum Gasteiger partial charge on any atom is 0.279 e. The van der Waals surface area contributed by atoms with Gasteiger partial charge in [0.05, 0.1) is 12.6 Å². The molecule has 1 fully saturated rings. The summed E-state index contributed by atoms with van der Waals surface area (Å²) < 4.78 is 0. The summed E-state index contributed by atoms with van der Waals surface area (Å²) in [5.41, 5.74) is 0. The van der Waals surface area contributed by atoms with Crippen LogP contribution in [0.4, 0.5) is 4.79 Å². The molecular weight excluding hydrogens is 248 g/mol. The molecule has 1 aliphatic heterocycles. The molecule has 1 heterocycles. The minimum atomic E-state index is -0.337. The number of carbonyl (C=O) groups excluding carboxylic acids is 2. The standard InChI is InChI=1S/C10H18N2O2S.ClH/c1-7(2)12(10(14)15)6-9(13)8-4-3-5-11-8;/h7-8,11H,3-6H2,1-2H3,(H,14,15);1H/t8-;/m0./s1. The summed E-state index contributed by atoms with van der Waals surface area (Å²) >= 11 is 3.76. The van der Waals surface area contributed by atoms with Gasteiger partial charge >= 0.3 is 0 Å². The largest absolute Gasteiger partial charge is 0.324 e. The van der Waals surface area contributed by atoms with Crippen LogP contribution in [-0.2, 0) is 4.79 Å². The first-order valence-corrected chi connectivity index (χ1v) is 5.72. The molecule has 0 aromatic carbocycles. The summed E-state index contributed by atoms with van der Waals surface area (Å²) in [6, 6.07) is -0.0562. The molecule has 0 aliphatic carbocycles. The molecule has 1 aliphatic rings. The molecule has 0 aromatic heterocycles. The minimum Gasteiger partial charge on any atom is -0.324 e. The van der Waals surface area contributed by atoms with Crippen LogP contribution in [0.2, 0.25) is 0 Å². The van der Waals surface area contributed by atoms with Crippen LogP contribution in [0.5, 0.6) is 0 Å². The highest BCUT2D eigenvalue weighted by Crippen LogP contribution is 2.09. The number of amides is 1. The zero-order valence-electron chi connectivity index (χ0n) is 9.60. The van der Waals surface area contributed by atoms with Crippen molar-refractivity contribution in [3.63, 3.8) is 0 Å². The van der Waals surface area contributed by atoms with Crippen LogP contribution >= 0.6 is 25.0 Å². The lowest BCUT2D eigenvalue weighted by molar-refractivity contribution is -0.121. The number of halogens is 1. The van der Waals surface area contributed by atoms with Crippen LogP contribution in [0.3, 0.4) is 0 Å². The lowest BCUT2D eigenvalue weighted by Gasteiger charge is -2.25. The van der Waals surface area contributed by atoms with E-state index in [-0.39, 0.29) is 42.1 Å². The molecule has 1 N–H and O–H groups in total. The van der Waals surface area contributed by atoms with Crippen LogP contribution < -0.4 is 5.32 Å².